The molecule has 2 aromatic rings. The van der Waals surface area contributed by atoms with Crippen molar-refractivity contribution >= 4 is 11.9 Å². The van der Waals surface area contributed by atoms with Crippen LogP contribution in [-0.4, -0.2) is 21.8 Å². The van der Waals surface area contributed by atoms with Crippen LogP contribution in [0.1, 0.15) is 37.3 Å². The first kappa shape index (κ1) is 20.7. The number of aromatic nitrogens is 2. The first-order valence-corrected chi connectivity index (χ1v) is 8.44. The van der Waals surface area contributed by atoms with E-state index in [9.17, 15) is 22.4 Å². The maximum atomic E-state index is 13.9. The van der Waals surface area contributed by atoms with Gasteiger partial charge in [-0.2, -0.15) is 5.10 Å². The highest BCUT2D eigenvalue weighted by atomic mass is 19.3. The number of carbonyl (C=O) groups is 1. The number of alkyl halides is 2. The van der Waals surface area contributed by atoms with Gasteiger partial charge in [-0.05, 0) is 38.3 Å². The molecule has 0 radical (unpaired) electrons. The van der Waals surface area contributed by atoms with Crippen LogP contribution in [0.3, 0.4) is 0 Å². The maximum absolute atomic E-state index is 13.9. The molecule has 1 N–H and O–H groups in total. The molecule has 0 saturated carbocycles. The number of nitrogens with one attached hydrogen (secondary N) is 1. The molecule has 0 aliphatic carbocycles. The van der Waals surface area contributed by atoms with Gasteiger partial charge in [-0.25, -0.2) is 22.4 Å². The quantitative estimate of drug-likeness (QED) is 0.510. The second-order valence-electron chi connectivity index (χ2n) is 6.35. The van der Waals surface area contributed by atoms with Gasteiger partial charge in [0.1, 0.15) is 18.2 Å². The van der Waals surface area contributed by atoms with Gasteiger partial charge in [0.2, 0.25) is 5.92 Å². The molecule has 0 aliphatic heterocycles. The zero-order valence-electron chi connectivity index (χ0n) is 15.1. The van der Waals surface area contributed by atoms with E-state index in [1.54, 1.807) is 6.20 Å². The standard InChI is InChI=1S/C18H21F4N3O2/c1-12-5-6-14(19)13(16(12)20)11-27-17(26)23-15-7-10-25(24-15)9-4-3-8-18(2,21)22/h5-7,10H,3-4,8-9,11H2,1-2H3,(H,23,24,26). The SMILES string of the molecule is Cc1ccc(F)c(COC(=O)Nc2ccn(CCCCC(C)(F)F)n2)c1F. The van der Waals surface area contributed by atoms with E-state index in [-0.39, 0.29) is 23.4 Å². The predicted molar refractivity (Wildman–Crippen MR) is 91.6 cm³/mol. The molecule has 0 atom stereocenters. The summed E-state index contributed by atoms with van der Waals surface area (Å²) in [5.41, 5.74) is -0.0848. The van der Waals surface area contributed by atoms with Crippen LogP contribution in [-0.2, 0) is 17.9 Å². The number of benzene rings is 1. The molecule has 1 heterocycles. The summed E-state index contributed by atoms with van der Waals surface area (Å²) in [7, 11) is 0. The van der Waals surface area contributed by atoms with Crippen LogP contribution in [0.15, 0.2) is 24.4 Å². The van der Waals surface area contributed by atoms with Crippen LogP contribution in [0.25, 0.3) is 0 Å². The lowest BCUT2D eigenvalue weighted by Gasteiger charge is -2.09. The molecular formula is C18H21F4N3O2. The molecule has 0 bridgehead atoms. The van der Waals surface area contributed by atoms with Crippen molar-refractivity contribution in [3.63, 3.8) is 0 Å². The third-order valence-corrected chi connectivity index (χ3v) is 3.85. The Morgan fingerprint density at radius 3 is 2.70 bits per heavy atom. The van der Waals surface area contributed by atoms with Crippen molar-refractivity contribution in [3.8, 4) is 0 Å². The molecule has 0 saturated heterocycles. The molecule has 2 rings (SSSR count). The van der Waals surface area contributed by atoms with Crippen molar-refractivity contribution in [2.75, 3.05) is 5.32 Å². The second kappa shape index (κ2) is 8.88. The van der Waals surface area contributed by atoms with E-state index < -0.39 is 30.3 Å². The number of amides is 1. The molecule has 0 unspecified atom stereocenters. The number of ether oxygens (including phenoxy) is 1. The number of anilines is 1. The van der Waals surface area contributed by atoms with Gasteiger partial charge < -0.3 is 4.74 Å². The zero-order valence-corrected chi connectivity index (χ0v) is 15.1. The van der Waals surface area contributed by atoms with Crippen molar-refractivity contribution < 1.29 is 27.1 Å². The first-order valence-electron chi connectivity index (χ1n) is 8.44. The van der Waals surface area contributed by atoms with Gasteiger partial charge in [0, 0.05) is 25.2 Å². The maximum Gasteiger partial charge on any atom is 0.413 e. The minimum Gasteiger partial charge on any atom is -0.444 e. The monoisotopic (exact) mass is 387 g/mol. The average molecular weight is 387 g/mol. The zero-order chi connectivity index (χ0) is 20.0. The first-order chi connectivity index (χ1) is 12.7. The Balaban J connectivity index is 1.80. The Morgan fingerprint density at radius 1 is 1.26 bits per heavy atom. The van der Waals surface area contributed by atoms with E-state index >= 15 is 0 Å². The van der Waals surface area contributed by atoms with Crippen LogP contribution in [0.4, 0.5) is 28.2 Å². The highest BCUT2D eigenvalue weighted by Crippen LogP contribution is 2.20. The topological polar surface area (TPSA) is 56.1 Å². The van der Waals surface area contributed by atoms with Crippen molar-refractivity contribution in [2.24, 2.45) is 0 Å². The summed E-state index contributed by atoms with van der Waals surface area (Å²) in [6, 6.07) is 3.90. The summed E-state index contributed by atoms with van der Waals surface area (Å²) in [4.78, 5) is 11.8. The number of carbonyl (C=O) groups excluding carboxylic acids is 1. The summed E-state index contributed by atoms with van der Waals surface area (Å²) >= 11 is 0. The van der Waals surface area contributed by atoms with Gasteiger partial charge in [-0.1, -0.05) is 6.07 Å². The number of unbranched alkanes of at least 4 members (excludes halogenated alkanes) is 1. The largest absolute Gasteiger partial charge is 0.444 e. The molecule has 1 aromatic carbocycles. The van der Waals surface area contributed by atoms with Gasteiger partial charge in [0.05, 0.1) is 5.56 Å². The second-order valence-corrected chi connectivity index (χ2v) is 6.35. The molecule has 1 amide bonds. The smallest absolute Gasteiger partial charge is 0.413 e. The Labute approximate surface area is 154 Å². The summed E-state index contributed by atoms with van der Waals surface area (Å²) < 4.78 is 59.3. The van der Waals surface area contributed by atoms with Gasteiger partial charge in [0.15, 0.2) is 5.82 Å². The van der Waals surface area contributed by atoms with Crippen LogP contribution < -0.4 is 5.32 Å². The Hall–Kier alpha value is -2.58. The van der Waals surface area contributed by atoms with Crippen LogP contribution in [0, 0.1) is 18.6 Å². The summed E-state index contributed by atoms with van der Waals surface area (Å²) in [5, 5.41) is 6.40. The fraction of sp³-hybridized carbons (Fsp3) is 0.444. The van der Waals surface area contributed by atoms with Gasteiger partial charge in [-0.3, -0.25) is 10.00 Å². The normalized spacial score (nSPS) is 11.5. The molecule has 27 heavy (non-hydrogen) atoms. The van der Waals surface area contributed by atoms with E-state index in [1.807, 2.05) is 0 Å². The molecule has 5 nitrogen and oxygen atoms in total. The Morgan fingerprint density at radius 2 is 2.00 bits per heavy atom. The molecule has 9 heteroatoms. The lowest BCUT2D eigenvalue weighted by atomic mass is 10.1. The van der Waals surface area contributed by atoms with Crippen LogP contribution >= 0.6 is 0 Å². The number of rotatable bonds is 8. The fourth-order valence-corrected chi connectivity index (χ4v) is 2.39. The third kappa shape index (κ3) is 6.58. The van der Waals surface area contributed by atoms with E-state index in [4.69, 9.17) is 4.74 Å². The summed E-state index contributed by atoms with van der Waals surface area (Å²) in [6.45, 7) is 2.22. The van der Waals surface area contributed by atoms with Crippen molar-refractivity contribution in [1.29, 1.82) is 0 Å². The summed E-state index contributed by atoms with van der Waals surface area (Å²) in [5.74, 6) is -4.06. The number of nitrogens with zero attached hydrogens (tertiary/aromatic N) is 2. The number of hydrogen-bond acceptors (Lipinski definition) is 3. The fourth-order valence-electron chi connectivity index (χ4n) is 2.39. The number of aryl methyl sites for hydroxylation is 2. The number of halogens is 4. The highest BCUT2D eigenvalue weighted by Gasteiger charge is 2.19. The van der Waals surface area contributed by atoms with E-state index in [0.717, 1.165) is 13.0 Å². The Kier molecular flexibility index (Phi) is 6.81. The van der Waals surface area contributed by atoms with Crippen molar-refractivity contribution in [1.82, 2.24) is 9.78 Å². The molecule has 148 valence electrons. The molecular weight excluding hydrogens is 366 g/mol. The molecule has 0 aliphatic rings. The van der Waals surface area contributed by atoms with Crippen molar-refractivity contribution in [2.45, 2.75) is 52.2 Å². The average Bonchev–Trinajstić information content (AvgIpc) is 3.01. The van der Waals surface area contributed by atoms with Gasteiger partial charge >= 0.3 is 6.09 Å². The molecule has 0 spiro atoms. The molecule has 1 aromatic heterocycles. The van der Waals surface area contributed by atoms with E-state index in [2.05, 4.69) is 10.4 Å². The van der Waals surface area contributed by atoms with Gasteiger partial charge in [-0.15, -0.1) is 0 Å². The van der Waals surface area contributed by atoms with E-state index in [0.29, 0.717) is 19.4 Å². The lowest BCUT2D eigenvalue weighted by Crippen LogP contribution is -2.15. The predicted octanol–water partition coefficient (Wildman–Crippen LogP) is 5.04. The van der Waals surface area contributed by atoms with Crippen molar-refractivity contribution in [3.05, 3.63) is 47.2 Å². The minimum atomic E-state index is -2.68. The summed E-state index contributed by atoms with van der Waals surface area (Å²) in [6.07, 6.45) is 1.34. The van der Waals surface area contributed by atoms with Gasteiger partial charge in [0.25, 0.3) is 0 Å². The minimum absolute atomic E-state index is 0.186. The van der Waals surface area contributed by atoms with Crippen LogP contribution in [0.5, 0.6) is 0 Å². The molecule has 0 fully saturated rings. The van der Waals surface area contributed by atoms with E-state index in [1.165, 1.54) is 23.7 Å². The third-order valence-electron chi connectivity index (χ3n) is 3.85. The highest BCUT2D eigenvalue weighted by molar-refractivity contribution is 5.83. The number of hydrogen-bond donors (Lipinski definition) is 1. The lowest BCUT2D eigenvalue weighted by molar-refractivity contribution is 0.0102. The Bertz CT molecular complexity index is 787. The van der Waals surface area contributed by atoms with Crippen LogP contribution in [0.2, 0.25) is 0 Å².